The Labute approximate surface area is 178 Å². The lowest BCUT2D eigenvalue weighted by atomic mass is 10.0. The number of carbonyl (C=O) groups excluding carboxylic acids is 1. The topological polar surface area (TPSA) is 69.7 Å². The summed E-state index contributed by atoms with van der Waals surface area (Å²) in [7, 11) is -3.54. The molecular formula is C23H29N3O3S. The Morgan fingerprint density at radius 3 is 2.33 bits per heavy atom. The first-order chi connectivity index (χ1) is 14.4. The summed E-state index contributed by atoms with van der Waals surface area (Å²) in [5, 5.41) is 3.13. The van der Waals surface area contributed by atoms with E-state index in [4.69, 9.17) is 0 Å². The van der Waals surface area contributed by atoms with E-state index in [0.29, 0.717) is 37.5 Å². The van der Waals surface area contributed by atoms with Gasteiger partial charge in [0.1, 0.15) is 6.04 Å². The molecule has 1 heterocycles. The first kappa shape index (κ1) is 21.0. The van der Waals surface area contributed by atoms with Gasteiger partial charge in [0, 0.05) is 32.2 Å². The maximum absolute atomic E-state index is 13.1. The monoisotopic (exact) mass is 427 g/mol. The predicted molar refractivity (Wildman–Crippen MR) is 116 cm³/mol. The minimum absolute atomic E-state index is 0.0125. The molecule has 1 atom stereocenters. The van der Waals surface area contributed by atoms with E-state index in [1.165, 1.54) is 0 Å². The highest BCUT2D eigenvalue weighted by atomic mass is 32.2. The van der Waals surface area contributed by atoms with Gasteiger partial charge in [0.15, 0.2) is 0 Å². The van der Waals surface area contributed by atoms with Crippen LogP contribution in [0.4, 0.5) is 0 Å². The summed E-state index contributed by atoms with van der Waals surface area (Å²) in [4.78, 5) is 15.5. The maximum Gasteiger partial charge on any atom is 0.243 e. The number of sulfonamides is 1. The van der Waals surface area contributed by atoms with Crippen LogP contribution in [0.2, 0.25) is 0 Å². The van der Waals surface area contributed by atoms with E-state index < -0.39 is 16.1 Å². The second kappa shape index (κ2) is 8.88. The quantitative estimate of drug-likeness (QED) is 0.770. The van der Waals surface area contributed by atoms with Gasteiger partial charge in [-0.2, -0.15) is 4.31 Å². The summed E-state index contributed by atoms with van der Waals surface area (Å²) in [6, 6.07) is 16.7. The Morgan fingerprint density at radius 1 is 0.967 bits per heavy atom. The first-order valence-electron chi connectivity index (χ1n) is 10.6. The van der Waals surface area contributed by atoms with Gasteiger partial charge in [0.25, 0.3) is 0 Å². The van der Waals surface area contributed by atoms with Crippen molar-refractivity contribution < 1.29 is 13.2 Å². The van der Waals surface area contributed by atoms with Crippen molar-refractivity contribution in [1.29, 1.82) is 0 Å². The van der Waals surface area contributed by atoms with Crippen molar-refractivity contribution in [2.45, 2.75) is 43.2 Å². The number of rotatable bonds is 6. The van der Waals surface area contributed by atoms with Crippen LogP contribution in [0.3, 0.4) is 0 Å². The molecular weight excluding hydrogens is 398 g/mol. The van der Waals surface area contributed by atoms with Gasteiger partial charge in [-0.05, 0) is 43.9 Å². The fourth-order valence-electron chi connectivity index (χ4n) is 3.94. The first-order valence-corrected chi connectivity index (χ1v) is 12.1. The van der Waals surface area contributed by atoms with Crippen molar-refractivity contribution >= 4 is 15.9 Å². The lowest BCUT2D eigenvalue weighted by molar-refractivity contribution is -0.126. The van der Waals surface area contributed by atoms with Crippen LogP contribution >= 0.6 is 0 Å². The summed E-state index contributed by atoms with van der Waals surface area (Å²) in [5.74, 6) is 0.0125. The molecule has 1 aliphatic heterocycles. The molecule has 1 N–H and O–H groups in total. The Morgan fingerprint density at radius 2 is 1.67 bits per heavy atom. The van der Waals surface area contributed by atoms with Crippen LogP contribution in [0.25, 0.3) is 0 Å². The molecule has 1 saturated heterocycles. The molecule has 0 spiro atoms. The molecule has 0 aromatic heterocycles. The molecule has 0 unspecified atom stereocenters. The number of carbonyl (C=O) groups is 1. The molecule has 1 amide bonds. The zero-order chi connectivity index (χ0) is 21.1. The average Bonchev–Trinajstić information content (AvgIpc) is 3.57. The van der Waals surface area contributed by atoms with E-state index in [2.05, 4.69) is 10.2 Å². The van der Waals surface area contributed by atoms with Crippen molar-refractivity contribution in [1.82, 2.24) is 14.5 Å². The fraction of sp³-hybridized carbons (Fsp3) is 0.435. The van der Waals surface area contributed by atoms with E-state index in [1.807, 2.05) is 49.4 Å². The van der Waals surface area contributed by atoms with Crippen LogP contribution < -0.4 is 5.32 Å². The zero-order valence-corrected chi connectivity index (χ0v) is 18.1. The van der Waals surface area contributed by atoms with Gasteiger partial charge in [-0.1, -0.05) is 48.0 Å². The third kappa shape index (κ3) is 4.74. The summed E-state index contributed by atoms with van der Waals surface area (Å²) in [6.45, 7) is 3.96. The number of hydrogen-bond donors (Lipinski definition) is 1. The number of benzene rings is 2. The Hall–Kier alpha value is -2.22. The smallest absolute Gasteiger partial charge is 0.243 e. The highest BCUT2D eigenvalue weighted by Crippen LogP contribution is 2.27. The molecule has 2 fully saturated rings. The molecule has 1 aliphatic carbocycles. The summed E-state index contributed by atoms with van der Waals surface area (Å²) >= 11 is 0. The van der Waals surface area contributed by atoms with Crippen molar-refractivity contribution in [3.05, 3.63) is 65.7 Å². The van der Waals surface area contributed by atoms with Crippen LogP contribution in [0.1, 0.15) is 36.4 Å². The minimum atomic E-state index is -3.54. The molecule has 4 rings (SSSR count). The van der Waals surface area contributed by atoms with Crippen molar-refractivity contribution in [3.63, 3.8) is 0 Å². The van der Waals surface area contributed by atoms with E-state index in [9.17, 15) is 13.2 Å². The van der Waals surface area contributed by atoms with Gasteiger partial charge >= 0.3 is 0 Å². The number of amides is 1. The molecule has 1 saturated carbocycles. The Kier molecular flexibility index (Phi) is 6.22. The second-order valence-corrected chi connectivity index (χ2v) is 10.1. The Balaban J connectivity index is 1.52. The highest BCUT2D eigenvalue weighted by Gasteiger charge is 2.34. The van der Waals surface area contributed by atoms with Gasteiger partial charge < -0.3 is 5.32 Å². The van der Waals surface area contributed by atoms with Gasteiger partial charge in [-0.3, -0.25) is 9.69 Å². The molecule has 30 heavy (non-hydrogen) atoms. The van der Waals surface area contributed by atoms with Crippen LogP contribution in [-0.4, -0.2) is 55.8 Å². The Bertz CT molecular complexity index is 973. The molecule has 0 bridgehead atoms. The third-order valence-corrected chi connectivity index (χ3v) is 7.71. The SMILES string of the molecule is Cc1ccc(S(=O)(=O)N2CCCN([C@@H](C(=O)NC3CC3)c3ccccc3)CC2)cc1. The van der Waals surface area contributed by atoms with Crippen LogP contribution in [0, 0.1) is 6.92 Å². The van der Waals surface area contributed by atoms with Crippen molar-refractivity contribution in [2.24, 2.45) is 0 Å². The van der Waals surface area contributed by atoms with Gasteiger partial charge in [0.05, 0.1) is 4.90 Å². The number of aryl methyl sites for hydroxylation is 1. The van der Waals surface area contributed by atoms with E-state index in [1.54, 1.807) is 16.4 Å². The summed E-state index contributed by atoms with van der Waals surface area (Å²) < 4.78 is 27.8. The molecule has 6 nitrogen and oxygen atoms in total. The second-order valence-electron chi connectivity index (χ2n) is 8.20. The van der Waals surface area contributed by atoms with Gasteiger partial charge in [-0.25, -0.2) is 8.42 Å². The lowest BCUT2D eigenvalue weighted by Crippen LogP contribution is -2.43. The lowest BCUT2D eigenvalue weighted by Gasteiger charge is -2.30. The summed E-state index contributed by atoms with van der Waals surface area (Å²) in [6.07, 6.45) is 2.76. The molecule has 7 heteroatoms. The minimum Gasteiger partial charge on any atom is -0.352 e. The largest absolute Gasteiger partial charge is 0.352 e. The third-order valence-electron chi connectivity index (χ3n) is 5.80. The standard InChI is InChI=1S/C23H29N3O3S/c1-18-8-12-21(13-9-18)30(28,29)26-15-5-14-25(16-17-26)22(19-6-3-2-4-7-19)23(27)24-20-10-11-20/h2-4,6-9,12-13,20,22H,5,10-11,14-17H2,1H3,(H,24,27)/t22-/m1/s1. The van der Waals surface area contributed by atoms with Crippen molar-refractivity contribution in [3.8, 4) is 0 Å². The maximum atomic E-state index is 13.1. The number of nitrogens with zero attached hydrogens (tertiary/aromatic N) is 2. The van der Waals surface area contributed by atoms with Gasteiger partial charge in [0.2, 0.25) is 15.9 Å². The van der Waals surface area contributed by atoms with Crippen LogP contribution in [0.5, 0.6) is 0 Å². The molecule has 2 aliphatic rings. The normalized spacial score (nSPS) is 19.8. The zero-order valence-electron chi connectivity index (χ0n) is 17.3. The van der Waals surface area contributed by atoms with Gasteiger partial charge in [-0.15, -0.1) is 0 Å². The van der Waals surface area contributed by atoms with Crippen LogP contribution in [-0.2, 0) is 14.8 Å². The van der Waals surface area contributed by atoms with Crippen molar-refractivity contribution in [2.75, 3.05) is 26.2 Å². The molecule has 2 aromatic rings. The van der Waals surface area contributed by atoms with E-state index in [-0.39, 0.29) is 11.9 Å². The van der Waals surface area contributed by atoms with Crippen LogP contribution in [0.15, 0.2) is 59.5 Å². The summed E-state index contributed by atoms with van der Waals surface area (Å²) in [5.41, 5.74) is 1.98. The number of hydrogen-bond acceptors (Lipinski definition) is 4. The molecule has 160 valence electrons. The predicted octanol–water partition coefficient (Wildman–Crippen LogP) is 2.71. The van der Waals surface area contributed by atoms with E-state index in [0.717, 1.165) is 24.0 Å². The average molecular weight is 428 g/mol. The highest BCUT2D eigenvalue weighted by molar-refractivity contribution is 7.89. The number of nitrogens with one attached hydrogen (secondary N) is 1. The molecule has 0 radical (unpaired) electrons. The molecule has 2 aromatic carbocycles. The van der Waals surface area contributed by atoms with E-state index >= 15 is 0 Å². The fourth-order valence-corrected chi connectivity index (χ4v) is 5.41.